The van der Waals surface area contributed by atoms with E-state index in [1.54, 1.807) is 12.1 Å². The van der Waals surface area contributed by atoms with E-state index in [9.17, 15) is 4.79 Å². The smallest absolute Gasteiger partial charge is 0.345 e. The highest BCUT2D eigenvalue weighted by molar-refractivity contribution is 6.31. The molecule has 1 unspecified atom stereocenters. The van der Waals surface area contributed by atoms with Gasteiger partial charge in [-0.3, -0.25) is 0 Å². The van der Waals surface area contributed by atoms with Crippen molar-refractivity contribution in [3.63, 3.8) is 0 Å². The molecule has 0 amide bonds. The van der Waals surface area contributed by atoms with Gasteiger partial charge in [0.05, 0.1) is 0 Å². The second kappa shape index (κ2) is 6.26. The number of carbonyl (C=O) groups is 1. The summed E-state index contributed by atoms with van der Waals surface area (Å²) in [4.78, 5) is 11.1. The van der Waals surface area contributed by atoms with Crippen molar-refractivity contribution in [2.45, 2.75) is 32.4 Å². The van der Waals surface area contributed by atoms with Crippen molar-refractivity contribution < 1.29 is 14.6 Å². The Morgan fingerprint density at radius 3 is 2.89 bits per heavy atom. The number of carboxylic acids is 1. The van der Waals surface area contributed by atoms with Crippen LogP contribution in [0.4, 0.5) is 0 Å². The minimum absolute atomic E-state index is 0.144. The zero-order valence-electron chi connectivity index (χ0n) is 10.9. The zero-order chi connectivity index (χ0) is 13.8. The lowest BCUT2D eigenvalue weighted by Gasteiger charge is -2.15. The summed E-state index contributed by atoms with van der Waals surface area (Å²) in [5, 5.41) is 13.0. The van der Waals surface area contributed by atoms with Crippen molar-refractivity contribution in [2.75, 3.05) is 6.54 Å². The maximum Gasteiger partial charge on any atom is 0.345 e. The molecule has 2 rings (SSSR count). The van der Waals surface area contributed by atoms with Crippen molar-refractivity contribution >= 4 is 17.6 Å². The Hall–Kier alpha value is -1.26. The van der Waals surface area contributed by atoms with Gasteiger partial charge in [0, 0.05) is 17.5 Å². The number of halogens is 1. The third-order valence-corrected chi connectivity index (χ3v) is 3.51. The summed E-state index contributed by atoms with van der Waals surface area (Å²) in [6, 6.07) is 5.27. The van der Waals surface area contributed by atoms with Crippen LogP contribution in [0.5, 0.6) is 5.75 Å². The molecule has 1 aliphatic rings. The van der Waals surface area contributed by atoms with E-state index in [0.717, 1.165) is 24.9 Å². The number of hydrogen-bond donors (Lipinski definition) is 2. The maximum absolute atomic E-state index is 11.1. The molecular formula is C14H18ClNO3. The summed E-state index contributed by atoms with van der Waals surface area (Å²) >= 11 is 6.09. The predicted molar refractivity (Wildman–Crippen MR) is 73.6 cm³/mol. The third-order valence-electron chi connectivity index (χ3n) is 3.14. The molecule has 0 saturated heterocycles. The van der Waals surface area contributed by atoms with Crippen LogP contribution in [0.15, 0.2) is 18.2 Å². The predicted octanol–water partition coefficient (Wildman–Crippen LogP) is 2.69. The fourth-order valence-electron chi connectivity index (χ4n) is 1.91. The quantitative estimate of drug-likeness (QED) is 0.808. The van der Waals surface area contributed by atoms with E-state index in [0.29, 0.717) is 17.3 Å². The van der Waals surface area contributed by atoms with Crippen LogP contribution in [0, 0.1) is 5.92 Å². The highest BCUT2D eigenvalue weighted by atomic mass is 35.5. The van der Waals surface area contributed by atoms with E-state index in [4.69, 9.17) is 21.4 Å². The van der Waals surface area contributed by atoms with Gasteiger partial charge in [-0.25, -0.2) is 4.79 Å². The molecule has 104 valence electrons. The molecule has 1 aliphatic carbocycles. The Kier molecular flexibility index (Phi) is 4.66. The van der Waals surface area contributed by atoms with Gasteiger partial charge in [-0.1, -0.05) is 18.5 Å². The minimum Gasteiger partial charge on any atom is -0.478 e. The number of ether oxygens (including phenoxy) is 1. The third kappa shape index (κ3) is 3.85. The first-order valence-corrected chi connectivity index (χ1v) is 6.88. The summed E-state index contributed by atoms with van der Waals surface area (Å²) in [6.45, 7) is 3.51. The van der Waals surface area contributed by atoms with Gasteiger partial charge in [0.15, 0.2) is 6.10 Å². The van der Waals surface area contributed by atoms with E-state index in [-0.39, 0.29) is 5.92 Å². The van der Waals surface area contributed by atoms with Crippen LogP contribution in [-0.2, 0) is 11.3 Å². The van der Waals surface area contributed by atoms with Gasteiger partial charge >= 0.3 is 5.97 Å². The fourth-order valence-corrected chi connectivity index (χ4v) is 2.10. The van der Waals surface area contributed by atoms with Gasteiger partial charge in [-0.2, -0.15) is 0 Å². The summed E-state index contributed by atoms with van der Waals surface area (Å²) in [6.07, 6.45) is 1.11. The molecule has 19 heavy (non-hydrogen) atoms. The first kappa shape index (κ1) is 14.2. The molecule has 0 radical (unpaired) electrons. The molecule has 2 N–H and O–H groups in total. The van der Waals surface area contributed by atoms with E-state index in [1.165, 1.54) is 0 Å². The number of benzene rings is 1. The average molecular weight is 284 g/mol. The monoisotopic (exact) mass is 283 g/mol. The summed E-state index contributed by atoms with van der Waals surface area (Å²) in [5.41, 5.74) is 0.918. The Morgan fingerprint density at radius 2 is 2.32 bits per heavy atom. The standard InChI is InChI=1S/C14H18ClNO3/c1-2-16-8-10-7-11(5-6-12(10)15)19-13(14(17)18)9-3-4-9/h5-7,9,13,16H,2-4,8H2,1H3,(H,17,18). The average Bonchev–Trinajstić information content (AvgIpc) is 3.20. The minimum atomic E-state index is -0.898. The van der Waals surface area contributed by atoms with Crippen LogP contribution < -0.4 is 10.1 Å². The highest BCUT2D eigenvalue weighted by Crippen LogP contribution is 2.35. The molecule has 5 heteroatoms. The van der Waals surface area contributed by atoms with Crippen molar-refractivity contribution in [2.24, 2.45) is 5.92 Å². The number of rotatable bonds is 7. The topological polar surface area (TPSA) is 58.6 Å². The normalized spacial score (nSPS) is 16.1. The number of nitrogens with one attached hydrogen (secondary N) is 1. The Bertz CT molecular complexity index is 460. The van der Waals surface area contributed by atoms with Gasteiger partial charge in [-0.05, 0) is 43.1 Å². The Morgan fingerprint density at radius 1 is 1.58 bits per heavy atom. The maximum atomic E-state index is 11.1. The number of carboxylic acid groups (broad SMARTS) is 1. The van der Waals surface area contributed by atoms with Crippen molar-refractivity contribution in [1.29, 1.82) is 0 Å². The molecule has 4 nitrogen and oxygen atoms in total. The molecule has 0 spiro atoms. The number of aliphatic carboxylic acids is 1. The molecule has 1 aromatic rings. The molecular weight excluding hydrogens is 266 g/mol. The van der Waals surface area contributed by atoms with Crippen LogP contribution in [-0.4, -0.2) is 23.7 Å². The molecule has 0 heterocycles. The molecule has 1 atom stereocenters. The van der Waals surface area contributed by atoms with Crippen LogP contribution in [0.1, 0.15) is 25.3 Å². The van der Waals surface area contributed by atoms with Gasteiger partial charge in [0.1, 0.15) is 5.75 Å². The van der Waals surface area contributed by atoms with Gasteiger partial charge in [0.2, 0.25) is 0 Å². The summed E-state index contributed by atoms with van der Waals surface area (Å²) in [5.74, 6) is -0.187. The largest absolute Gasteiger partial charge is 0.478 e. The molecule has 0 bridgehead atoms. The van der Waals surface area contributed by atoms with Crippen molar-refractivity contribution in [3.8, 4) is 5.75 Å². The number of hydrogen-bond acceptors (Lipinski definition) is 3. The van der Waals surface area contributed by atoms with Crippen LogP contribution in [0.3, 0.4) is 0 Å². The zero-order valence-corrected chi connectivity index (χ0v) is 11.6. The molecule has 0 aromatic heterocycles. The Balaban J connectivity index is 2.08. The molecule has 1 aromatic carbocycles. The summed E-state index contributed by atoms with van der Waals surface area (Å²) in [7, 11) is 0. The fraction of sp³-hybridized carbons (Fsp3) is 0.500. The lowest BCUT2D eigenvalue weighted by molar-refractivity contribution is -0.146. The molecule has 1 saturated carbocycles. The molecule has 0 aliphatic heterocycles. The summed E-state index contributed by atoms with van der Waals surface area (Å²) < 4.78 is 5.59. The van der Waals surface area contributed by atoms with Gasteiger partial charge < -0.3 is 15.2 Å². The van der Waals surface area contributed by atoms with E-state index in [1.807, 2.05) is 13.0 Å². The van der Waals surface area contributed by atoms with E-state index in [2.05, 4.69) is 5.32 Å². The van der Waals surface area contributed by atoms with Gasteiger partial charge in [-0.15, -0.1) is 0 Å². The van der Waals surface area contributed by atoms with Crippen molar-refractivity contribution in [3.05, 3.63) is 28.8 Å². The lowest BCUT2D eigenvalue weighted by atomic mass is 10.2. The van der Waals surface area contributed by atoms with E-state index < -0.39 is 12.1 Å². The second-order valence-electron chi connectivity index (χ2n) is 4.75. The van der Waals surface area contributed by atoms with Crippen LogP contribution >= 0.6 is 11.6 Å². The highest BCUT2D eigenvalue weighted by Gasteiger charge is 2.38. The first-order chi connectivity index (χ1) is 9.11. The molecule has 1 fully saturated rings. The van der Waals surface area contributed by atoms with Crippen molar-refractivity contribution in [1.82, 2.24) is 5.32 Å². The second-order valence-corrected chi connectivity index (χ2v) is 5.15. The Labute approximate surface area is 117 Å². The first-order valence-electron chi connectivity index (χ1n) is 6.50. The van der Waals surface area contributed by atoms with Gasteiger partial charge in [0.25, 0.3) is 0 Å². The van der Waals surface area contributed by atoms with Crippen LogP contribution in [0.25, 0.3) is 0 Å². The van der Waals surface area contributed by atoms with E-state index >= 15 is 0 Å². The van der Waals surface area contributed by atoms with Crippen LogP contribution in [0.2, 0.25) is 5.02 Å². The lowest BCUT2D eigenvalue weighted by Crippen LogP contribution is -2.29. The SMILES string of the molecule is CCNCc1cc(OC(C(=O)O)C2CC2)ccc1Cl.